The fourth-order valence-electron chi connectivity index (χ4n) is 6.27. The first-order valence-electron chi connectivity index (χ1n) is 13.2. The fourth-order valence-corrected chi connectivity index (χ4v) is 6.73. The monoisotopic (exact) mass is 546 g/mol. The molecule has 7 nitrogen and oxygen atoms in total. The van der Waals surface area contributed by atoms with Crippen LogP contribution in [0.3, 0.4) is 0 Å². The SMILES string of the molecule is COCCCC[C@](O)(c1cccc(F)c1-c1cccc(SC)c1)[C@@]1([C@H]2C[C@@H](N)[C@@H](O)C2)CN(C=O)CCO1. The van der Waals surface area contributed by atoms with Gasteiger partial charge in [0.2, 0.25) is 6.41 Å². The van der Waals surface area contributed by atoms with Gasteiger partial charge in [0.05, 0.1) is 19.3 Å². The summed E-state index contributed by atoms with van der Waals surface area (Å²) in [6.45, 7) is 1.23. The van der Waals surface area contributed by atoms with Gasteiger partial charge in [-0.3, -0.25) is 4.79 Å². The number of hydrogen-bond donors (Lipinski definition) is 3. The number of ether oxygens (including phenoxy) is 2. The summed E-state index contributed by atoms with van der Waals surface area (Å²) in [5.41, 5.74) is 4.64. The number of rotatable bonds is 11. The standard InChI is InChI=1S/C29H39FN2O5S/c1-36-13-4-3-11-28(35,23-9-6-10-24(30)27(23)20-7-5-8-22(15-20)38-2)29(18-32(19-33)12-14-37-29)21-16-25(31)26(34)17-21/h5-10,15,19,21,25-26,34-35H,3-4,11-14,16-18,31H2,1-2H3/t21-,25+,26-,28-,29-/m0/s1. The zero-order valence-corrected chi connectivity index (χ0v) is 23.0. The van der Waals surface area contributed by atoms with Crippen LogP contribution in [-0.4, -0.2) is 78.9 Å². The van der Waals surface area contributed by atoms with Crippen molar-refractivity contribution in [3.63, 3.8) is 0 Å². The molecule has 2 aromatic carbocycles. The Labute approximate surface area is 228 Å². The third-order valence-corrected chi connectivity index (χ3v) is 8.94. The maximum atomic E-state index is 15.8. The van der Waals surface area contributed by atoms with Crippen LogP contribution in [-0.2, 0) is 19.9 Å². The molecule has 0 unspecified atom stereocenters. The Hall–Kier alpha value is -2.01. The molecule has 4 N–H and O–H groups in total. The van der Waals surface area contributed by atoms with Crippen molar-refractivity contribution in [3.8, 4) is 11.1 Å². The van der Waals surface area contributed by atoms with Gasteiger partial charge in [-0.05, 0) is 73.6 Å². The number of aliphatic hydroxyl groups excluding tert-OH is 1. The highest BCUT2D eigenvalue weighted by Gasteiger charge is 2.61. The van der Waals surface area contributed by atoms with Gasteiger partial charge >= 0.3 is 0 Å². The minimum atomic E-state index is -1.69. The van der Waals surface area contributed by atoms with Gasteiger partial charge in [0.15, 0.2) is 0 Å². The van der Waals surface area contributed by atoms with E-state index in [-0.39, 0.29) is 25.5 Å². The molecule has 208 valence electrons. The lowest BCUT2D eigenvalue weighted by atomic mass is 9.65. The van der Waals surface area contributed by atoms with Crippen molar-refractivity contribution in [2.45, 2.75) is 60.3 Å². The lowest BCUT2D eigenvalue weighted by molar-refractivity contribution is -0.246. The maximum Gasteiger partial charge on any atom is 0.209 e. The minimum absolute atomic E-state index is 0.113. The Kier molecular flexibility index (Phi) is 9.49. The molecule has 9 heteroatoms. The number of thioether (sulfide) groups is 1. The Bertz CT molecular complexity index is 1100. The van der Waals surface area contributed by atoms with Gasteiger partial charge in [0, 0.05) is 36.8 Å². The van der Waals surface area contributed by atoms with Gasteiger partial charge in [-0.2, -0.15) is 0 Å². The average molecular weight is 547 g/mol. The summed E-state index contributed by atoms with van der Waals surface area (Å²) in [4.78, 5) is 14.6. The first-order valence-corrected chi connectivity index (χ1v) is 14.4. The van der Waals surface area contributed by atoms with Crippen LogP contribution in [0.4, 0.5) is 4.39 Å². The van der Waals surface area contributed by atoms with Crippen LogP contribution in [0.2, 0.25) is 0 Å². The molecule has 2 fully saturated rings. The zero-order chi connectivity index (χ0) is 27.3. The van der Waals surface area contributed by atoms with E-state index in [1.54, 1.807) is 35.9 Å². The summed E-state index contributed by atoms with van der Waals surface area (Å²) >= 11 is 1.56. The maximum absolute atomic E-state index is 15.8. The van der Waals surface area contributed by atoms with Gasteiger partial charge in [0.25, 0.3) is 0 Å². The number of halogens is 1. The fraction of sp³-hybridized carbons (Fsp3) is 0.552. The molecule has 2 aromatic rings. The molecule has 5 atom stereocenters. The molecule has 1 saturated carbocycles. The van der Waals surface area contributed by atoms with Crippen LogP contribution in [0.15, 0.2) is 47.4 Å². The lowest BCUT2D eigenvalue weighted by Gasteiger charge is -2.55. The number of hydrogen-bond acceptors (Lipinski definition) is 7. The molecule has 38 heavy (non-hydrogen) atoms. The van der Waals surface area contributed by atoms with Crippen LogP contribution in [0, 0.1) is 11.7 Å². The van der Waals surface area contributed by atoms with E-state index in [4.69, 9.17) is 15.2 Å². The molecule has 1 aliphatic heterocycles. The van der Waals surface area contributed by atoms with E-state index < -0.39 is 29.2 Å². The highest BCUT2D eigenvalue weighted by atomic mass is 32.2. The molecule has 0 bridgehead atoms. The van der Waals surface area contributed by atoms with E-state index >= 15 is 4.39 Å². The van der Waals surface area contributed by atoms with E-state index in [9.17, 15) is 15.0 Å². The van der Waals surface area contributed by atoms with E-state index in [1.165, 1.54) is 6.07 Å². The van der Waals surface area contributed by atoms with Crippen LogP contribution < -0.4 is 5.73 Å². The number of nitrogens with zero attached hydrogens (tertiary/aromatic N) is 1. The molecule has 1 saturated heterocycles. The number of aliphatic hydroxyl groups is 2. The molecule has 2 aliphatic rings. The van der Waals surface area contributed by atoms with Crippen LogP contribution in [0.5, 0.6) is 0 Å². The second-order valence-electron chi connectivity index (χ2n) is 10.4. The Morgan fingerprint density at radius 3 is 2.76 bits per heavy atom. The number of methoxy groups -OCH3 is 1. The van der Waals surface area contributed by atoms with Gasteiger partial charge in [-0.1, -0.05) is 24.3 Å². The van der Waals surface area contributed by atoms with Crippen LogP contribution >= 0.6 is 11.8 Å². The number of amides is 1. The number of carbonyl (C=O) groups is 1. The molecule has 0 spiro atoms. The Morgan fingerprint density at radius 1 is 1.29 bits per heavy atom. The van der Waals surface area contributed by atoms with Crippen LogP contribution in [0.25, 0.3) is 11.1 Å². The lowest BCUT2D eigenvalue weighted by Crippen LogP contribution is -2.66. The van der Waals surface area contributed by atoms with Gasteiger partial charge in [0.1, 0.15) is 17.0 Å². The number of morpholine rings is 1. The molecular weight excluding hydrogens is 507 g/mol. The first kappa shape index (κ1) is 29.0. The van der Waals surface area contributed by atoms with Gasteiger partial charge in [-0.25, -0.2) is 4.39 Å². The Balaban J connectivity index is 1.93. The van der Waals surface area contributed by atoms with Crippen molar-refractivity contribution in [3.05, 3.63) is 53.8 Å². The Morgan fingerprint density at radius 2 is 2.08 bits per heavy atom. The summed E-state index contributed by atoms with van der Waals surface area (Å²) < 4.78 is 27.6. The second-order valence-corrected chi connectivity index (χ2v) is 11.3. The molecule has 1 heterocycles. The third kappa shape index (κ3) is 5.50. The van der Waals surface area contributed by atoms with Crippen molar-refractivity contribution in [2.24, 2.45) is 11.7 Å². The molecule has 1 amide bonds. The van der Waals surface area contributed by atoms with E-state index in [2.05, 4.69) is 0 Å². The van der Waals surface area contributed by atoms with E-state index in [0.717, 1.165) is 11.3 Å². The average Bonchev–Trinajstić information content (AvgIpc) is 3.28. The number of unbranched alkanes of at least 4 members (excludes halogenated alkanes) is 1. The predicted molar refractivity (Wildman–Crippen MR) is 146 cm³/mol. The number of benzene rings is 2. The predicted octanol–water partition coefficient (Wildman–Crippen LogP) is 3.54. The summed E-state index contributed by atoms with van der Waals surface area (Å²) in [7, 11) is 1.63. The van der Waals surface area contributed by atoms with E-state index in [1.807, 2.05) is 30.5 Å². The summed E-state index contributed by atoms with van der Waals surface area (Å²) in [6.07, 6.45) is 4.23. The summed E-state index contributed by atoms with van der Waals surface area (Å²) in [6, 6.07) is 11.9. The third-order valence-electron chi connectivity index (χ3n) is 8.22. The molecular formula is C29H39FN2O5S. The summed E-state index contributed by atoms with van der Waals surface area (Å²) in [5.74, 6) is -0.797. The largest absolute Gasteiger partial charge is 0.392 e. The number of nitrogens with two attached hydrogens (primary N) is 1. The van der Waals surface area contributed by atoms with Crippen molar-refractivity contribution >= 4 is 18.2 Å². The van der Waals surface area contributed by atoms with Crippen LogP contribution in [0.1, 0.15) is 37.7 Å². The molecule has 4 rings (SSSR count). The minimum Gasteiger partial charge on any atom is -0.392 e. The summed E-state index contributed by atoms with van der Waals surface area (Å²) in [5, 5.41) is 23.6. The second kappa shape index (κ2) is 12.4. The van der Waals surface area contributed by atoms with Gasteiger partial charge in [-0.15, -0.1) is 11.8 Å². The molecule has 1 aliphatic carbocycles. The van der Waals surface area contributed by atoms with Crippen molar-refractivity contribution in [1.29, 1.82) is 0 Å². The first-order chi connectivity index (χ1) is 18.3. The van der Waals surface area contributed by atoms with Crippen molar-refractivity contribution < 1.29 is 28.9 Å². The normalized spacial score (nSPS) is 27.3. The number of carbonyl (C=O) groups excluding carboxylic acids is 1. The molecule has 0 radical (unpaired) electrons. The van der Waals surface area contributed by atoms with Gasteiger partial charge < -0.3 is 30.3 Å². The quantitative estimate of drug-likeness (QED) is 0.225. The highest BCUT2D eigenvalue weighted by Crippen LogP contribution is 2.53. The highest BCUT2D eigenvalue weighted by molar-refractivity contribution is 7.98. The zero-order valence-electron chi connectivity index (χ0n) is 22.1. The molecule has 0 aromatic heterocycles. The van der Waals surface area contributed by atoms with E-state index in [0.29, 0.717) is 55.5 Å². The smallest absolute Gasteiger partial charge is 0.209 e. The van der Waals surface area contributed by atoms with Crippen molar-refractivity contribution in [1.82, 2.24) is 4.90 Å². The topological polar surface area (TPSA) is 105 Å². The van der Waals surface area contributed by atoms with Crippen molar-refractivity contribution in [2.75, 3.05) is 39.7 Å².